The topological polar surface area (TPSA) is 75.2 Å². The van der Waals surface area contributed by atoms with Crippen LogP contribution in [-0.2, 0) is 10.0 Å². The van der Waals surface area contributed by atoms with E-state index in [4.69, 9.17) is 0 Å². The highest BCUT2D eigenvalue weighted by Gasteiger charge is 2.27. The standard InChI is InChI=1S/C20H23FN4O2S2/c1-29(26,27)24-10-9-16-4-2-3-11-25(16)19-18-17(12-28-20(18)23-13-22-19)14-5-7-15(21)8-6-14/h5-8,12-13,16,24H,2-4,9-11H2,1H3. The molecule has 1 fully saturated rings. The average molecular weight is 435 g/mol. The third kappa shape index (κ3) is 4.57. The zero-order chi connectivity index (χ0) is 20.4. The van der Waals surface area contributed by atoms with Gasteiger partial charge in [-0.25, -0.2) is 27.5 Å². The Morgan fingerprint density at radius 1 is 1.24 bits per heavy atom. The molecule has 9 heteroatoms. The van der Waals surface area contributed by atoms with E-state index < -0.39 is 10.0 Å². The van der Waals surface area contributed by atoms with Crippen LogP contribution in [0.1, 0.15) is 25.7 Å². The van der Waals surface area contributed by atoms with Crippen LogP contribution in [0.25, 0.3) is 21.3 Å². The maximum Gasteiger partial charge on any atom is 0.208 e. The van der Waals surface area contributed by atoms with Gasteiger partial charge in [-0.05, 0) is 43.4 Å². The number of thiophene rings is 1. The monoisotopic (exact) mass is 434 g/mol. The van der Waals surface area contributed by atoms with Gasteiger partial charge in [0.05, 0.1) is 11.6 Å². The lowest BCUT2D eigenvalue weighted by atomic mass is 9.98. The Hall–Kier alpha value is -2.10. The summed E-state index contributed by atoms with van der Waals surface area (Å²) in [5.41, 5.74) is 1.93. The molecule has 1 aromatic carbocycles. The Bertz CT molecular complexity index is 1100. The predicted molar refractivity (Wildman–Crippen MR) is 115 cm³/mol. The van der Waals surface area contributed by atoms with Gasteiger partial charge in [0.1, 0.15) is 22.8 Å². The molecule has 0 amide bonds. The normalized spacial score (nSPS) is 17.7. The zero-order valence-electron chi connectivity index (χ0n) is 16.1. The first-order valence-electron chi connectivity index (χ1n) is 9.62. The minimum atomic E-state index is -3.20. The highest BCUT2D eigenvalue weighted by Crippen LogP contribution is 2.39. The number of hydrogen-bond acceptors (Lipinski definition) is 6. The largest absolute Gasteiger partial charge is 0.353 e. The van der Waals surface area contributed by atoms with E-state index in [1.807, 2.05) is 5.38 Å². The second-order valence-electron chi connectivity index (χ2n) is 7.33. The number of anilines is 1. The lowest BCUT2D eigenvalue weighted by molar-refractivity contribution is 0.435. The fourth-order valence-corrected chi connectivity index (χ4v) is 5.31. The van der Waals surface area contributed by atoms with Crippen molar-refractivity contribution in [1.29, 1.82) is 0 Å². The number of benzene rings is 1. The molecule has 6 nitrogen and oxygen atoms in total. The van der Waals surface area contributed by atoms with Crippen molar-refractivity contribution in [1.82, 2.24) is 14.7 Å². The molecular weight excluding hydrogens is 411 g/mol. The van der Waals surface area contributed by atoms with E-state index in [2.05, 4.69) is 19.6 Å². The molecule has 1 N–H and O–H groups in total. The van der Waals surface area contributed by atoms with Crippen molar-refractivity contribution in [2.75, 3.05) is 24.2 Å². The summed E-state index contributed by atoms with van der Waals surface area (Å²) in [7, 11) is -3.20. The number of aromatic nitrogens is 2. The van der Waals surface area contributed by atoms with E-state index in [-0.39, 0.29) is 11.9 Å². The summed E-state index contributed by atoms with van der Waals surface area (Å²) >= 11 is 1.55. The Morgan fingerprint density at radius 2 is 2.03 bits per heavy atom. The molecule has 4 rings (SSSR count). The molecular formula is C20H23FN4O2S2. The predicted octanol–water partition coefficient (Wildman–Crippen LogP) is 3.80. The third-order valence-electron chi connectivity index (χ3n) is 5.25. The molecule has 0 aliphatic carbocycles. The van der Waals surface area contributed by atoms with E-state index in [0.29, 0.717) is 13.0 Å². The number of hydrogen-bond donors (Lipinski definition) is 1. The number of piperidine rings is 1. The minimum absolute atomic E-state index is 0.206. The van der Waals surface area contributed by atoms with Crippen molar-refractivity contribution < 1.29 is 12.8 Å². The third-order valence-corrected chi connectivity index (χ3v) is 6.86. The summed E-state index contributed by atoms with van der Waals surface area (Å²) in [6.07, 6.45) is 6.66. The number of nitrogens with one attached hydrogen (secondary N) is 1. The van der Waals surface area contributed by atoms with E-state index in [9.17, 15) is 12.8 Å². The highest BCUT2D eigenvalue weighted by atomic mass is 32.2. The highest BCUT2D eigenvalue weighted by molar-refractivity contribution is 7.88. The van der Waals surface area contributed by atoms with Gasteiger partial charge in [-0.2, -0.15) is 0 Å². The molecule has 0 radical (unpaired) electrons. The quantitative estimate of drug-likeness (QED) is 0.639. The molecule has 154 valence electrons. The van der Waals surface area contributed by atoms with Crippen LogP contribution in [0.15, 0.2) is 36.0 Å². The number of halogens is 1. The molecule has 1 aliphatic heterocycles. The van der Waals surface area contributed by atoms with Crippen molar-refractivity contribution in [2.24, 2.45) is 0 Å². The molecule has 1 atom stereocenters. The van der Waals surface area contributed by atoms with Crippen LogP contribution in [0.4, 0.5) is 10.2 Å². The fraction of sp³-hybridized carbons (Fsp3) is 0.400. The smallest absolute Gasteiger partial charge is 0.208 e. The molecule has 1 aliphatic rings. The van der Waals surface area contributed by atoms with Gasteiger partial charge in [0.15, 0.2) is 0 Å². The van der Waals surface area contributed by atoms with Crippen molar-refractivity contribution in [3.05, 3.63) is 41.8 Å². The summed E-state index contributed by atoms with van der Waals surface area (Å²) < 4.78 is 38.8. The van der Waals surface area contributed by atoms with Crippen LogP contribution in [0.3, 0.4) is 0 Å². The number of nitrogens with zero attached hydrogens (tertiary/aromatic N) is 3. The van der Waals surface area contributed by atoms with Gasteiger partial charge < -0.3 is 4.90 Å². The molecule has 0 saturated carbocycles. The lowest BCUT2D eigenvalue weighted by Gasteiger charge is -2.37. The second kappa shape index (κ2) is 8.33. The molecule has 0 spiro atoms. The van der Waals surface area contributed by atoms with E-state index in [1.54, 1.807) is 29.8 Å². The van der Waals surface area contributed by atoms with Crippen LogP contribution in [0.2, 0.25) is 0 Å². The Balaban J connectivity index is 1.70. The molecule has 3 aromatic rings. The summed E-state index contributed by atoms with van der Waals surface area (Å²) in [6.45, 7) is 1.27. The first-order valence-corrected chi connectivity index (χ1v) is 12.4. The van der Waals surface area contributed by atoms with Crippen molar-refractivity contribution in [2.45, 2.75) is 31.7 Å². The molecule has 2 aromatic heterocycles. The Morgan fingerprint density at radius 3 is 2.79 bits per heavy atom. The Kier molecular flexibility index (Phi) is 5.80. The maximum atomic E-state index is 13.4. The maximum absolute atomic E-state index is 13.4. The summed E-state index contributed by atoms with van der Waals surface area (Å²) in [5, 5.41) is 3.02. The van der Waals surface area contributed by atoms with Gasteiger partial charge in [-0.3, -0.25) is 0 Å². The minimum Gasteiger partial charge on any atom is -0.353 e. The van der Waals surface area contributed by atoms with Gasteiger partial charge in [0, 0.05) is 30.1 Å². The van der Waals surface area contributed by atoms with Crippen LogP contribution >= 0.6 is 11.3 Å². The first-order chi connectivity index (χ1) is 13.9. The summed E-state index contributed by atoms with van der Waals surface area (Å²) in [5.74, 6) is 0.610. The van der Waals surface area contributed by atoms with Gasteiger partial charge in [0.2, 0.25) is 10.0 Å². The van der Waals surface area contributed by atoms with E-state index in [1.165, 1.54) is 18.4 Å². The Labute approximate surface area is 173 Å². The number of fused-ring (bicyclic) bond motifs is 1. The molecule has 29 heavy (non-hydrogen) atoms. The fourth-order valence-electron chi connectivity index (χ4n) is 3.91. The summed E-state index contributed by atoms with van der Waals surface area (Å²) in [6, 6.07) is 6.68. The van der Waals surface area contributed by atoms with E-state index >= 15 is 0 Å². The van der Waals surface area contributed by atoms with Gasteiger partial charge >= 0.3 is 0 Å². The number of rotatable bonds is 6. The molecule has 1 unspecified atom stereocenters. The van der Waals surface area contributed by atoms with Crippen LogP contribution in [0, 0.1) is 5.82 Å². The van der Waals surface area contributed by atoms with Gasteiger partial charge in [-0.1, -0.05) is 12.1 Å². The van der Waals surface area contributed by atoms with Crippen LogP contribution in [-0.4, -0.2) is 43.8 Å². The van der Waals surface area contributed by atoms with Gasteiger partial charge in [-0.15, -0.1) is 11.3 Å². The number of sulfonamides is 1. The zero-order valence-corrected chi connectivity index (χ0v) is 17.8. The molecule has 1 saturated heterocycles. The molecule has 3 heterocycles. The SMILES string of the molecule is CS(=O)(=O)NCCC1CCCCN1c1ncnc2scc(-c3ccc(F)cc3)c12. The summed E-state index contributed by atoms with van der Waals surface area (Å²) in [4.78, 5) is 12.2. The first kappa shape index (κ1) is 20.2. The van der Waals surface area contributed by atoms with Crippen molar-refractivity contribution >= 4 is 37.4 Å². The average Bonchev–Trinajstić information content (AvgIpc) is 3.12. The lowest BCUT2D eigenvalue weighted by Crippen LogP contribution is -2.42. The van der Waals surface area contributed by atoms with Gasteiger partial charge in [0.25, 0.3) is 0 Å². The second-order valence-corrected chi connectivity index (χ2v) is 10.0. The van der Waals surface area contributed by atoms with Crippen LogP contribution in [0.5, 0.6) is 0 Å². The van der Waals surface area contributed by atoms with Crippen LogP contribution < -0.4 is 9.62 Å². The van der Waals surface area contributed by atoms with E-state index in [0.717, 1.165) is 53.0 Å². The van der Waals surface area contributed by atoms with Crippen molar-refractivity contribution in [3.8, 4) is 11.1 Å². The molecule has 0 bridgehead atoms. The van der Waals surface area contributed by atoms with Crippen molar-refractivity contribution in [3.63, 3.8) is 0 Å².